The van der Waals surface area contributed by atoms with E-state index in [1.165, 1.54) is 44.2 Å². The summed E-state index contributed by atoms with van der Waals surface area (Å²) in [6.07, 6.45) is 8.34. The lowest BCUT2D eigenvalue weighted by Gasteiger charge is -2.21. The van der Waals surface area contributed by atoms with E-state index in [1.54, 1.807) is 0 Å². The summed E-state index contributed by atoms with van der Waals surface area (Å²) in [6, 6.07) is 6.07. The zero-order valence-corrected chi connectivity index (χ0v) is 12.8. The van der Waals surface area contributed by atoms with Gasteiger partial charge >= 0.3 is 0 Å². The third-order valence-electron chi connectivity index (χ3n) is 4.00. The Morgan fingerprint density at radius 2 is 1.84 bits per heavy atom. The summed E-state index contributed by atoms with van der Waals surface area (Å²) in [4.78, 5) is 2.13. The van der Waals surface area contributed by atoms with Gasteiger partial charge in [-0.05, 0) is 37.0 Å². The van der Waals surface area contributed by atoms with Crippen LogP contribution in [0.5, 0.6) is 0 Å². The Balaban J connectivity index is 1.99. The van der Waals surface area contributed by atoms with Crippen LogP contribution in [0.3, 0.4) is 0 Å². The van der Waals surface area contributed by atoms with E-state index in [2.05, 4.69) is 30.4 Å². The van der Waals surface area contributed by atoms with E-state index in [1.807, 2.05) is 12.1 Å². The summed E-state index contributed by atoms with van der Waals surface area (Å²) < 4.78 is 0. The average molecular weight is 281 g/mol. The van der Waals surface area contributed by atoms with Crippen molar-refractivity contribution < 1.29 is 0 Å². The van der Waals surface area contributed by atoms with Gasteiger partial charge in [-0.15, -0.1) is 0 Å². The molecule has 1 aromatic carbocycles. The number of halogens is 1. The minimum atomic E-state index is 0.800. The van der Waals surface area contributed by atoms with Crippen molar-refractivity contribution in [3.63, 3.8) is 0 Å². The molecule has 0 spiro atoms. The molecule has 2 rings (SSSR count). The normalized spacial score (nSPS) is 17.0. The Morgan fingerprint density at radius 3 is 2.47 bits per heavy atom. The first-order chi connectivity index (χ1) is 9.16. The molecule has 1 saturated carbocycles. The molecule has 1 aromatic rings. The molecule has 106 valence electrons. The summed E-state index contributed by atoms with van der Waals surface area (Å²) in [6.45, 7) is 1.07. The predicted octanol–water partition coefficient (Wildman–Crippen LogP) is 4.79. The Hall–Kier alpha value is -0.890. The van der Waals surface area contributed by atoms with E-state index in [0.717, 1.165) is 23.2 Å². The van der Waals surface area contributed by atoms with E-state index in [0.29, 0.717) is 0 Å². The first kappa shape index (κ1) is 14.5. The van der Waals surface area contributed by atoms with E-state index < -0.39 is 0 Å². The second-order valence-corrected chi connectivity index (χ2v) is 6.23. The molecule has 0 radical (unpaired) electrons. The molecule has 1 aliphatic rings. The van der Waals surface area contributed by atoms with Gasteiger partial charge in [-0.1, -0.05) is 37.3 Å². The smallest absolute Gasteiger partial charge is 0.0597 e. The molecule has 1 fully saturated rings. The number of nitrogens with zero attached hydrogens (tertiary/aromatic N) is 1. The molecule has 0 unspecified atom stereocenters. The molecule has 0 saturated heterocycles. The van der Waals surface area contributed by atoms with Gasteiger partial charge in [0, 0.05) is 25.7 Å². The number of hydrogen-bond donors (Lipinski definition) is 1. The third-order valence-corrected chi connectivity index (χ3v) is 4.23. The van der Waals surface area contributed by atoms with Crippen LogP contribution in [0.4, 0.5) is 11.4 Å². The average Bonchev–Trinajstić information content (AvgIpc) is 2.64. The molecule has 1 aliphatic carbocycles. The van der Waals surface area contributed by atoms with Crippen LogP contribution in [0.25, 0.3) is 0 Å². The summed E-state index contributed by atoms with van der Waals surface area (Å²) >= 11 is 6.11. The minimum Gasteiger partial charge on any atom is -0.383 e. The number of benzene rings is 1. The number of anilines is 2. The van der Waals surface area contributed by atoms with Crippen LogP contribution < -0.4 is 10.2 Å². The predicted molar refractivity (Wildman–Crippen MR) is 85.5 cm³/mol. The summed E-state index contributed by atoms with van der Waals surface area (Å²) in [7, 11) is 4.14. The highest BCUT2D eigenvalue weighted by Crippen LogP contribution is 2.29. The van der Waals surface area contributed by atoms with E-state index in [-0.39, 0.29) is 0 Å². The summed E-state index contributed by atoms with van der Waals surface area (Å²) in [5.74, 6) is 0.816. The monoisotopic (exact) mass is 280 g/mol. The quantitative estimate of drug-likeness (QED) is 0.798. The van der Waals surface area contributed by atoms with Gasteiger partial charge in [0.2, 0.25) is 0 Å². The lowest BCUT2D eigenvalue weighted by molar-refractivity contribution is 0.483. The third kappa shape index (κ3) is 4.31. The standard InChI is InChI=1S/C16H25ClN2/c1-19(2)16-10-9-14(17)11-15(16)18-12-13-7-5-3-4-6-8-13/h9-11,13,18H,3-8,12H2,1-2H3. The Labute approximate surface area is 122 Å². The van der Waals surface area contributed by atoms with Crippen molar-refractivity contribution >= 4 is 23.0 Å². The van der Waals surface area contributed by atoms with E-state index in [4.69, 9.17) is 11.6 Å². The molecule has 19 heavy (non-hydrogen) atoms. The highest BCUT2D eigenvalue weighted by atomic mass is 35.5. The second-order valence-electron chi connectivity index (χ2n) is 5.79. The van der Waals surface area contributed by atoms with Gasteiger partial charge in [0.15, 0.2) is 0 Å². The van der Waals surface area contributed by atoms with Crippen molar-refractivity contribution in [1.29, 1.82) is 0 Å². The largest absolute Gasteiger partial charge is 0.383 e. The topological polar surface area (TPSA) is 15.3 Å². The highest BCUT2D eigenvalue weighted by Gasteiger charge is 2.13. The van der Waals surface area contributed by atoms with Crippen LogP contribution in [0.15, 0.2) is 18.2 Å². The van der Waals surface area contributed by atoms with Crippen molar-refractivity contribution in [2.75, 3.05) is 30.9 Å². The van der Waals surface area contributed by atoms with Gasteiger partial charge in [0.25, 0.3) is 0 Å². The maximum absolute atomic E-state index is 6.11. The fraction of sp³-hybridized carbons (Fsp3) is 0.625. The molecular formula is C16H25ClN2. The molecule has 0 atom stereocenters. The van der Waals surface area contributed by atoms with Crippen LogP contribution in [0.2, 0.25) is 5.02 Å². The molecule has 1 N–H and O–H groups in total. The number of hydrogen-bond acceptors (Lipinski definition) is 2. The van der Waals surface area contributed by atoms with Crippen LogP contribution in [-0.2, 0) is 0 Å². The number of nitrogens with one attached hydrogen (secondary N) is 1. The maximum Gasteiger partial charge on any atom is 0.0597 e. The number of rotatable bonds is 4. The molecule has 0 aromatic heterocycles. The molecule has 0 heterocycles. The Kier molecular flexibility index (Phi) is 5.38. The Morgan fingerprint density at radius 1 is 1.16 bits per heavy atom. The van der Waals surface area contributed by atoms with Crippen molar-refractivity contribution in [1.82, 2.24) is 0 Å². The van der Waals surface area contributed by atoms with Crippen LogP contribution in [-0.4, -0.2) is 20.6 Å². The molecule has 3 heteroatoms. The van der Waals surface area contributed by atoms with E-state index >= 15 is 0 Å². The van der Waals surface area contributed by atoms with Crippen LogP contribution >= 0.6 is 11.6 Å². The van der Waals surface area contributed by atoms with Gasteiger partial charge in [0.1, 0.15) is 0 Å². The first-order valence-electron chi connectivity index (χ1n) is 7.37. The first-order valence-corrected chi connectivity index (χ1v) is 7.75. The molecule has 0 amide bonds. The van der Waals surface area contributed by atoms with Gasteiger partial charge < -0.3 is 10.2 Å². The van der Waals surface area contributed by atoms with Gasteiger partial charge in [-0.3, -0.25) is 0 Å². The molecule has 2 nitrogen and oxygen atoms in total. The summed E-state index contributed by atoms with van der Waals surface area (Å²) in [5.41, 5.74) is 2.36. The maximum atomic E-state index is 6.11. The second kappa shape index (κ2) is 7.04. The Bertz CT molecular complexity index is 396. The van der Waals surface area contributed by atoms with Crippen molar-refractivity contribution in [3.05, 3.63) is 23.2 Å². The van der Waals surface area contributed by atoms with Gasteiger partial charge in [0.05, 0.1) is 11.4 Å². The van der Waals surface area contributed by atoms with Crippen molar-refractivity contribution in [3.8, 4) is 0 Å². The lowest BCUT2D eigenvalue weighted by atomic mass is 10.0. The van der Waals surface area contributed by atoms with Crippen LogP contribution in [0.1, 0.15) is 38.5 Å². The van der Waals surface area contributed by atoms with Crippen molar-refractivity contribution in [2.24, 2.45) is 5.92 Å². The van der Waals surface area contributed by atoms with Crippen molar-refractivity contribution in [2.45, 2.75) is 38.5 Å². The van der Waals surface area contributed by atoms with E-state index in [9.17, 15) is 0 Å². The molecule has 0 bridgehead atoms. The lowest BCUT2D eigenvalue weighted by Crippen LogP contribution is -2.17. The van der Waals surface area contributed by atoms with Gasteiger partial charge in [-0.2, -0.15) is 0 Å². The summed E-state index contributed by atoms with van der Waals surface area (Å²) in [5, 5.41) is 4.41. The van der Waals surface area contributed by atoms with Gasteiger partial charge in [-0.25, -0.2) is 0 Å². The fourth-order valence-electron chi connectivity index (χ4n) is 2.86. The molecular weight excluding hydrogens is 256 g/mol. The SMILES string of the molecule is CN(C)c1ccc(Cl)cc1NCC1CCCCCC1. The highest BCUT2D eigenvalue weighted by molar-refractivity contribution is 6.31. The zero-order valence-electron chi connectivity index (χ0n) is 12.1. The van der Waals surface area contributed by atoms with Crippen LogP contribution in [0, 0.1) is 5.92 Å². The zero-order chi connectivity index (χ0) is 13.7. The minimum absolute atomic E-state index is 0.800. The molecule has 0 aliphatic heterocycles. The fourth-order valence-corrected chi connectivity index (χ4v) is 3.03.